The van der Waals surface area contributed by atoms with Crippen LogP contribution in [0.2, 0.25) is 0 Å². The molecule has 0 aliphatic rings. The molecule has 0 rings (SSSR count). The lowest BCUT2D eigenvalue weighted by molar-refractivity contribution is -0.157. The molecule has 0 aliphatic carbocycles. The second-order valence-corrected chi connectivity index (χ2v) is 4.32. The van der Waals surface area contributed by atoms with Crippen molar-refractivity contribution < 1.29 is 18.4 Å². The van der Waals surface area contributed by atoms with Gasteiger partial charge in [0.05, 0.1) is 32.0 Å². The molecule has 0 aromatic carbocycles. The molecule has 0 N–H and O–H groups in total. The summed E-state index contributed by atoms with van der Waals surface area (Å²) in [6.07, 6.45) is 1.98. The minimum atomic E-state index is -0.219. The van der Waals surface area contributed by atoms with E-state index < -0.39 is 0 Å². The fraction of sp³-hybridized carbons (Fsp3) is 1.00. The summed E-state index contributed by atoms with van der Waals surface area (Å²) in [6.45, 7) is 9.55. The van der Waals surface area contributed by atoms with E-state index in [-0.39, 0.29) is 18.5 Å². The lowest BCUT2D eigenvalue weighted by atomic mass is 10.4. The average Bonchev–Trinajstić information content (AvgIpc) is 2.20. The highest BCUT2D eigenvalue weighted by molar-refractivity contribution is 7.93. The maximum Gasteiger partial charge on any atom is 0.155 e. The highest BCUT2D eigenvalue weighted by atomic mass is 32.2. The molecule has 0 bridgehead atoms. The Hall–Kier alpha value is 0.190. The normalized spacial score (nSPS) is 15.4. The fourth-order valence-electron chi connectivity index (χ4n) is 1.15. The molecule has 0 heterocycles. The molecule has 0 aromatic rings. The first-order valence-electron chi connectivity index (χ1n) is 5.60. The highest BCUT2D eigenvalue weighted by Crippen LogP contribution is 2.02. The van der Waals surface area contributed by atoms with Gasteiger partial charge >= 0.3 is 0 Å². The third-order valence-corrected chi connectivity index (χ3v) is 2.11. The molecule has 0 aliphatic heterocycles. The molecule has 0 fully saturated rings. The summed E-state index contributed by atoms with van der Waals surface area (Å²) in [5.74, 6) is 0. The van der Waals surface area contributed by atoms with E-state index in [1.807, 2.05) is 34.0 Å². The smallest absolute Gasteiger partial charge is 0.155 e. The predicted molar refractivity (Wildman–Crippen MR) is 66.5 cm³/mol. The van der Waals surface area contributed by atoms with Crippen molar-refractivity contribution in [3.8, 4) is 0 Å². The largest absolute Gasteiger partial charge is 0.373 e. The quantitative estimate of drug-likeness (QED) is 0.339. The molecule has 98 valence electrons. The zero-order valence-electron chi connectivity index (χ0n) is 10.9. The molecule has 2 atom stereocenters. The molecule has 0 saturated carbocycles. The lowest BCUT2D eigenvalue weighted by Crippen LogP contribution is -2.24. The van der Waals surface area contributed by atoms with Crippen molar-refractivity contribution in [2.75, 3.05) is 26.1 Å². The van der Waals surface area contributed by atoms with Gasteiger partial charge in [-0.2, -0.15) is 0 Å². The van der Waals surface area contributed by atoms with E-state index in [1.54, 1.807) is 0 Å². The zero-order chi connectivity index (χ0) is 12.4. The SMILES string of the molecule is CSOCCOC(C)OCC(C)OC(C)C. The van der Waals surface area contributed by atoms with Crippen LogP contribution in [0.15, 0.2) is 0 Å². The van der Waals surface area contributed by atoms with Crippen LogP contribution < -0.4 is 0 Å². The Morgan fingerprint density at radius 1 is 1.00 bits per heavy atom. The molecule has 0 saturated heterocycles. The van der Waals surface area contributed by atoms with Gasteiger partial charge in [-0.3, -0.25) is 0 Å². The van der Waals surface area contributed by atoms with Gasteiger partial charge in [0.2, 0.25) is 0 Å². The summed E-state index contributed by atoms with van der Waals surface area (Å²) in [7, 11) is 0. The summed E-state index contributed by atoms with van der Waals surface area (Å²) in [5, 5.41) is 0. The van der Waals surface area contributed by atoms with Gasteiger partial charge in [-0.15, -0.1) is 0 Å². The maximum absolute atomic E-state index is 5.54. The lowest BCUT2D eigenvalue weighted by Gasteiger charge is -2.19. The van der Waals surface area contributed by atoms with Crippen LogP contribution in [0.1, 0.15) is 27.7 Å². The van der Waals surface area contributed by atoms with Crippen molar-refractivity contribution in [1.29, 1.82) is 0 Å². The second-order valence-electron chi connectivity index (χ2n) is 3.76. The van der Waals surface area contributed by atoms with Crippen LogP contribution in [0.4, 0.5) is 0 Å². The average molecular weight is 252 g/mol. The first kappa shape index (κ1) is 16.2. The Kier molecular flexibility index (Phi) is 10.5. The van der Waals surface area contributed by atoms with Crippen LogP contribution in [0, 0.1) is 0 Å². The van der Waals surface area contributed by atoms with Crippen molar-refractivity contribution in [1.82, 2.24) is 0 Å². The maximum atomic E-state index is 5.54. The Bertz CT molecular complexity index is 155. The van der Waals surface area contributed by atoms with Crippen LogP contribution in [-0.2, 0) is 18.4 Å². The summed E-state index contributed by atoms with van der Waals surface area (Å²) in [6, 6.07) is 0. The minimum Gasteiger partial charge on any atom is -0.373 e. The van der Waals surface area contributed by atoms with Crippen molar-refractivity contribution >= 4 is 12.0 Å². The zero-order valence-corrected chi connectivity index (χ0v) is 11.7. The van der Waals surface area contributed by atoms with Crippen molar-refractivity contribution in [2.45, 2.75) is 46.2 Å². The van der Waals surface area contributed by atoms with E-state index in [1.165, 1.54) is 12.0 Å². The van der Waals surface area contributed by atoms with Crippen LogP contribution in [-0.4, -0.2) is 44.6 Å². The van der Waals surface area contributed by atoms with E-state index in [0.717, 1.165) is 0 Å². The first-order valence-corrected chi connectivity index (χ1v) is 6.75. The summed E-state index contributed by atoms with van der Waals surface area (Å²) >= 11 is 1.34. The summed E-state index contributed by atoms with van der Waals surface area (Å²) in [5.41, 5.74) is 0. The topological polar surface area (TPSA) is 36.9 Å². The number of rotatable bonds is 10. The van der Waals surface area contributed by atoms with E-state index in [4.69, 9.17) is 18.4 Å². The molecule has 0 amide bonds. The van der Waals surface area contributed by atoms with E-state index in [9.17, 15) is 0 Å². The van der Waals surface area contributed by atoms with E-state index in [2.05, 4.69) is 0 Å². The van der Waals surface area contributed by atoms with Gasteiger partial charge in [-0.25, -0.2) is 0 Å². The number of hydrogen-bond acceptors (Lipinski definition) is 5. The third kappa shape index (κ3) is 10.7. The number of hydrogen-bond donors (Lipinski definition) is 0. The molecular weight excluding hydrogens is 228 g/mol. The molecule has 16 heavy (non-hydrogen) atoms. The van der Waals surface area contributed by atoms with Gasteiger partial charge in [-0.05, 0) is 39.7 Å². The molecule has 5 heteroatoms. The molecule has 0 radical (unpaired) electrons. The van der Waals surface area contributed by atoms with Crippen LogP contribution in [0.5, 0.6) is 0 Å². The van der Waals surface area contributed by atoms with Gasteiger partial charge in [0, 0.05) is 6.26 Å². The fourth-order valence-corrected chi connectivity index (χ4v) is 1.39. The van der Waals surface area contributed by atoms with E-state index >= 15 is 0 Å². The van der Waals surface area contributed by atoms with Crippen LogP contribution >= 0.6 is 12.0 Å². The molecular formula is C11H24O4S. The minimum absolute atomic E-state index is 0.0912. The Labute approximate surface area is 103 Å². The third-order valence-electron chi connectivity index (χ3n) is 1.71. The van der Waals surface area contributed by atoms with Crippen LogP contribution in [0.3, 0.4) is 0 Å². The van der Waals surface area contributed by atoms with Crippen LogP contribution in [0.25, 0.3) is 0 Å². The van der Waals surface area contributed by atoms with Crippen molar-refractivity contribution in [3.63, 3.8) is 0 Å². The molecule has 2 unspecified atom stereocenters. The highest BCUT2D eigenvalue weighted by Gasteiger charge is 2.08. The summed E-state index contributed by atoms with van der Waals surface area (Å²) in [4.78, 5) is 0. The van der Waals surface area contributed by atoms with Gasteiger partial charge in [0.15, 0.2) is 6.29 Å². The second kappa shape index (κ2) is 10.4. The van der Waals surface area contributed by atoms with Gasteiger partial charge in [-0.1, -0.05) is 0 Å². The first-order chi connectivity index (χ1) is 7.56. The molecule has 4 nitrogen and oxygen atoms in total. The van der Waals surface area contributed by atoms with Crippen molar-refractivity contribution in [2.24, 2.45) is 0 Å². The Morgan fingerprint density at radius 2 is 1.69 bits per heavy atom. The van der Waals surface area contributed by atoms with Gasteiger partial charge in [0.1, 0.15) is 0 Å². The summed E-state index contributed by atoms with van der Waals surface area (Å²) < 4.78 is 21.5. The predicted octanol–water partition coefficient (Wildman–Crippen LogP) is 2.47. The van der Waals surface area contributed by atoms with Gasteiger partial charge < -0.3 is 18.4 Å². The van der Waals surface area contributed by atoms with Gasteiger partial charge in [0.25, 0.3) is 0 Å². The Morgan fingerprint density at radius 3 is 2.25 bits per heavy atom. The monoisotopic (exact) mass is 252 g/mol. The molecule has 0 aromatic heterocycles. The Balaban J connectivity index is 3.38. The van der Waals surface area contributed by atoms with Crippen molar-refractivity contribution in [3.05, 3.63) is 0 Å². The standard InChI is InChI=1S/C11H24O4S/c1-9(2)15-10(3)8-13-11(4)12-6-7-14-16-5/h9-11H,6-8H2,1-5H3. The van der Waals surface area contributed by atoms with E-state index in [0.29, 0.717) is 19.8 Å². The molecule has 0 spiro atoms. The number of ether oxygens (including phenoxy) is 3.